The molecule has 0 fully saturated rings. The Morgan fingerprint density at radius 1 is 1.40 bits per heavy atom. The third-order valence-corrected chi connectivity index (χ3v) is 4.77. The van der Waals surface area contributed by atoms with Gasteiger partial charge in [0.15, 0.2) is 6.61 Å². The first-order valence-electron chi connectivity index (χ1n) is 5.51. The minimum Gasteiger partial charge on any atom is -0.453 e. The van der Waals surface area contributed by atoms with E-state index in [1.807, 2.05) is 17.5 Å². The Hall–Kier alpha value is -1.51. The monoisotopic (exact) mass is 370 g/mol. The van der Waals surface area contributed by atoms with Gasteiger partial charge in [0.25, 0.3) is 5.89 Å². The van der Waals surface area contributed by atoms with E-state index in [-0.39, 0.29) is 6.61 Å². The number of ether oxygens (including phenoxy) is 1. The highest BCUT2D eigenvalue weighted by molar-refractivity contribution is 9.11. The topological polar surface area (TPSA) is 65.2 Å². The molecule has 0 radical (unpaired) electrons. The van der Waals surface area contributed by atoms with Crippen LogP contribution in [0.25, 0.3) is 10.8 Å². The van der Waals surface area contributed by atoms with Crippen molar-refractivity contribution in [3.63, 3.8) is 0 Å². The molecule has 8 heteroatoms. The van der Waals surface area contributed by atoms with Crippen molar-refractivity contribution in [2.75, 3.05) is 0 Å². The van der Waals surface area contributed by atoms with Crippen molar-refractivity contribution in [3.05, 3.63) is 44.1 Å². The van der Waals surface area contributed by atoms with Gasteiger partial charge >= 0.3 is 5.97 Å². The van der Waals surface area contributed by atoms with E-state index in [1.54, 1.807) is 12.1 Å². The van der Waals surface area contributed by atoms with Crippen molar-refractivity contribution in [2.45, 2.75) is 6.61 Å². The van der Waals surface area contributed by atoms with Crippen molar-refractivity contribution in [1.82, 2.24) is 10.1 Å². The summed E-state index contributed by atoms with van der Waals surface area (Å²) in [5.74, 6) is 0.380. The Labute approximate surface area is 130 Å². The summed E-state index contributed by atoms with van der Waals surface area (Å²) in [6, 6.07) is 7.28. The molecule has 3 rings (SSSR count). The molecule has 0 spiro atoms. The first kappa shape index (κ1) is 13.5. The van der Waals surface area contributed by atoms with Crippen LogP contribution in [0.15, 0.2) is 38.0 Å². The van der Waals surface area contributed by atoms with Gasteiger partial charge < -0.3 is 9.26 Å². The third-order valence-electron chi connectivity index (χ3n) is 2.31. The molecule has 0 atom stereocenters. The molecule has 102 valence electrons. The molecule has 0 bridgehead atoms. The van der Waals surface area contributed by atoms with Gasteiger partial charge in [-0.3, -0.25) is 0 Å². The van der Waals surface area contributed by atoms with Gasteiger partial charge in [0, 0.05) is 0 Å². The summed E-state index contributed by atoms with van der Waals surface area (Å²) in [5, 5.41) is 5.70. The second kappa shape index (κ2) is 5.86. The average molecular weight is 371 g/mol. The SMILES string of the molecule is O=C(OCc1noc(-c2cccs2)n1)c1ccc(Br)s1. The lowest BCUT2D eigenvalue weighted by Crippen LogP contribution is -2.04. The number of rotatable bonds is 4. The lowest BCUT2D eigenvalue weighted by Gasteiger charge is -1.98. The molecule has 5 nitrogen and oxygen atoms in total. The van der Waals surface area contributed by atoms with Crippen LogP contribution in [0.3, 0.4) is 0 Å². The number of halogens is 1. The minimum atomic E-state index is -0.400. The van der Waals surface area contributed by atoms with Crippen LogP contribution in [-0.4, -0.2) is 16.1 Å². The van der Waals surface area contributed by atoms with Crippen molar-refractivity contribution in [2.24, 2.45) is 0 Å². The smallest absolute Gasteiger partial charge is 0.348 e. The molecule has 0 aliphatic rings. The van der Waals surface area contributed by atoms with Crippen LogP contribution in [0.4, 0.5) is 0 Å². The minimum absolute atomic E-state index is 0.0107. The molecule has 20 heavy (non-hydrogen) atoms. The van der Waals surface area contributed by atoms with Gasteiger partial charge in [-0.05, 0) is 39.5 Å². The van der Waals surface area contributed by atoms with E-state index in [9.17, 15) is 4.79 Å². The standard InChI is InChI=1S/C12H7BrN2O3S2/c13-9-4-3-8(20-9)12(16)17-6-10-14-11(18-15-10)7-2-1-5-19-7/h1-5H,6H2. The van der Waals surface area contributed by atoms with Crippen molar-refractivity contribution >= 4 is 44.6 Å². The highest BCUT2D eigenvalue weighted by atomic mass is 79.9. The molecule has 3 aromatic heterocycles. The predicted molar refractivity (Wildman–Crippen MR) is 78.7 cm³/mol. The Bertz CT molecular complexity index is 721. The number of hydrogen-bond donors (Lipinski definition) is 0. The summed E-state index contributed by atoms with van der Waals surface area (Å²) in [5.41, 5.74) is 0. The Morgan fingerprint density at radius 2 is 2.30 bits per heavy atom. The zero-order valence-electron chi connectivity index (χ0n) is 9.91. The predicted octanol–water partition coefficient (Wildman–Crippen LogP) is 3.98. The number of carbonyl (C=O) groups excluding carboxylic acids is 1. The summed E-state index contributed by atoms with van der Waals surface area (Å²) >= 11 is 6.11. The first-order chi connectivity index (χ1) is 9.72. The fraction of sp³-hybridized carbons (Fsp3) is 0.0833. The highest BCUT2D eigenvalue weighted by Gasteiger charge is 2.14. The van der Waals surface area contributed by atoms with Crippen LogP contribution in [0.1, 0.15) is 15.5 Å². The molecule has 0 amide bonds. The van der Waals surface area contributed by atoms with E-state index in [1.165, 1.54) is 22.7 Å². The molecule has 0 saturated carbocycles. The lowest BCUT2D eigenvalue weighted by molar-refractivity contribution is 0.0465. The van der Waals surface area contributed by atoms with Crippen LogP contribution in [-0.2, 0) is 11.3 Å². The van der Waals surface area contributed by atoms with Crippen LogP contribution in [0.2, 0.25) is 0 Å². The van der Waals surface area contributed by atoms with E-state index >= 15 is 0 Å². The maximum atomic E-state index is 11.8. The van der Waals surface area contributed by atoms with E-state index in [0.717, 1.165) is 8.66 Å². The number of aromatic nitrogens is 2. The van der Waals surface area contributed by atoms with Gasteiger partial charge in [-0.25, -0.2) is 4.79 Å². The molecule has 0 aliphatic carbocycles. The van der Waals surface area contributed by atoms with Gasteiger partial charge in [-0.15, -0.1) is 22.7 Å². The number of nitrogens with zero attached hydrogens (tertiary/aromatic N) is 2. The van der Waals surface area contributed by atoms with Gasteiger partial charge in [-0.1, -0.05) is 11.2 Å². The van der Waals surface area contributed by atoms with Gasteiger partial charge in [0.2, 0.25) is 5.82 Å². The van der Waals surface area contributed by atoms with Crippen molar-refractivity contribution in [3.8, 4) is 10.8 Å². The maximum Gasteiger partial charge on any atom is 0.348 e. The van der Waals surface area contributed by atoms with Crippen molar-refractivity contribution in [1.29, 1.82) is 0 Å². The molecule has 0 N–H and O–H groups in total. The second-order valence-electron chi connectivity index (χ2n) is 3.67. The molecular weight excluding hydrogens is 364 g/mol. The zero-order valence-corrected chi connectivity index (χ0v) is 13.1. The normalized spacial score (nSPS) is 10.7. The van der Waals surface area contributed by atoms with Crippen LogP contribution >= 0.6 is 38.6 Å². The van der Waals surface area contributed by atoms with Crippen LogP contribution in [0.5, 0.6) is 0 Å². The third kappa shape index (κ3) is 2.97. The number of hydrogen-bond acceptors (Lipinski definition) is 7. The molecule has 3 aromatic rings. The van der Waals surface area contributed by atoms with Gasteiger partial charge in [0.1, 0.15) is 4.88 Å². The van der Waals surface area contributed by atoms with Crippen LogP contribution in [0, 0.1) is 0 Å². The maximum absolute atomic E-state index is 11.8. The molecule has 3 heterocycles. The van der Waals surface area contributed by atoms with Crippen LogP contribution < -0.4 is 0 Å². The van der Waals surface area contributed by atoms with E-state index < -0.39 is 5.97 Å². The first-order valence-corrected chi connectivity index (χ1v) is 8.00. The van der Waals surface area contributed by atoms with Gasteiger partial charge in [-0.2, -0.15) is 4.98 Å². The Kier molecular flexibility index (Phi) is 3.95. The summed E-state index contributed by atoms with van der Waals surface area (Å²) < 4.78 is 11.1. The molecular formula is C12H7BrN2O3S2. The quantitative estimate of drug-likeness (QED) is 0.649. The summed E-state index contributed by atoms with van der Waals surface area (Å²) in [6.45, 7) is -0.0107. The second-order valence-corrected chi connectivity index (χ2v) is 7.08. The number of carbonyl (C=O) groups is 1. The summed E-state index contributed by atoms with van der Waals surface area (Å²) in [7, 11) is 0. The largest absolute Gasteiger partial charge is 0.453 e. The van der Waals surface area contributed by atoms with E-state index in [0.29, 0.717) is 16.6 Å². The summed E-state index contributed by atoms with van der Waals surface area (Å²) in [6.07, 6.45) is 0. The van der Waals surface area contributed by atoms with E-state index in [2.05, 4.69) is 26.1 Å². The fourth-order valence-corrected chi connectivity index (χ4v) is 3.36. The number of esters is 1. The Balaban J connectivity index is 1.63. The average Bonchev–Trinajstić information content (AvgIpc) is 3.16. The Morgan fingerprint density at radius 3 is 3.00 bits per heavy atom. The fourth-order valence-electron chi connectivity index (χ4n) is 1.44. The molecule has 0 aromatic carbocycles. The summed E-state index contributed by atoms with van der Waals surface area (Å²) in [4.78, 5) is 17.3. The molecule has 0 unspecified atom stereocenters. The zero-order chi connectivity index (χ0) is 13.9. The molecule has 0 saturated heterocycles. The number of thiophene rings is 2. The highest BCUT2D eigenvalue weighted by Crippen LogP contribution is 2.24. The van der Waals surface area contributed by atoms with Gasteiger partial charge in [0.05, 0.1) is 8.66 Å². The molecule has 0 aliphatic heterocycles. The lowest BCUT2D eigenvalue weighted by atomic mass is 10.5. The van der Waals surface area contributed by atoms with Crippen molar-refractivity contribution < 1.29 is 14.1 Å². The van der Waals surface area contributed by atoms with E-state index in [4.69, 9.17) is 9.26 Å².